The van der Waals surface area contributed by atoms with Crippen LogP contribution in [0.5, 0.6) is 5.75 Å². The number of tetrazole rings is 1. The minimum absolute atomic E-state index is 0.565. The maximum absolute atomic E-state index is 5.46. The lowest BCUT2D eigenvalue weighted by Gasteiger charge is -2.03. The Balaban J connectivity index is 1.51. The Bertz CT molecular complexity index is 1000. The fourth-order valence-corrected chi connectivity index (χ4v) is 3.27. The zero-order valence-electron chi connectivity index (χ0n) is 13.9. The number of aromatic nitrogens is 5. The predicted molar refractivity (Wildman–Crippen MR) is 97.2 cm³/mol. The number of para-hydroxylation sites is 2. The van der Waals surface area contributed by atoms with Gasteiger partial charge in [-0.25, -0.2) is 0 Å². The van der Waals surface area contributed by atoms with Gasteiger partial charge in [-0.2, -0.15) is 4.68 Å². The molecule has 0 atom stereocenters. The van der Waals surface area contributed by atoms with Crippen molar-refractivity contribution >= 4 is 11.8 Å². The molecule has 0 bridgehead atoms. The van der Waals surface area contributed by atoms with Crippen LogP contribution in [0.4, 0.5) is 0 Å². The molecular formula is C18H15N5O2S. The normalized spacial score (nSPS) is 10.8. The smallest absolute Gasteiger partial charge is 0.214 e. The first kappa shape index (κ1) is 16.3. The van der Waals surface area contributed by atoms with E-state index in [1.807, 2.05) is 60.7 Å². The van der Waals surface area contributed by atoms with Crippen molar-refractivity contribution in [2.24, 2.45) is 0 Å². The molecule has 130 valence electrons. The molecule has 0 aliphatic rings. The van der Waals surface area contributed by atoms with Gasteiger partial charge in [0.1, 0.15) is 17.2 Å². The molecule has 0 spiro atoms. The van der Waals surface area contributed by atoms with E-state index in [1.165, 1.54) is 11.8 Å². The Morgan fingerprint density at radius 3 is 2.73 bits per heavy atom. The molecule has 0 radical (unpaired) electrons. The first-order valence-corrected chi connectivity index (χ1v) is 8.89. The second-order valence-electron chi connectivity index (χ2n) is 5.38. The molecule has 2 heterocycles. The van der Waals surface area contributed by atoms with Crippen LogP contribution in [0.2, 0.25) is 0 Å². The summed E-state index contributed by atoms with van der Waals surface area (Å²) < 4.78 is 12.5. The molecule has 26 heavy (non-hydrogen) atoms. The lowest BCUT2D eigenvalue weighted by molar-refractivity contribution is 0.395. The molecule has 4 rings (SSSR count). The van der Waals surface area contributed by atoms with Gasteiger partial charge >= 0.3 is 0 Å². The highest BCUT2D eigenvalue weighted by Gasteiger charge is 2.14. The van der Waals surface area contributed by atoms with Gasteiger partial charge in [-0.1, -0.05) is 47.3 Å². The van der Waals surface area contributed by atoms with Crippen LogP contribution in [0.15, 0.2) is 70.3 Å². The number of methoxy groups -OCH3 is 1. The predicted octanol–water partition coefficient (Wildman–Crippen LogP) is 3.62. The standard InChI is InChI=1S/C18H15N5O2S/c1-24-17-10-6-5-9-15(17)16-11-14(25-20-16)12-26-18-19-21-22-23(18)13-7-3-2-4-8-13/h2-11H,12H2,1H3. The van der Waals surface area contributed by atoms with Gasteiger partial charge in [-0.3, -0.25) is 0 Å². The van der Waals surface area contributed by atoms with Gasteiger partial charge in [0.05, 0.1) is 18.6 Å². The van der Waals surface area contributed by atoms with Crippen molar-refractivity contribution in [3.63, 3.8) is 0 Å². The molecular weight excluding hydrogens is 350 g/mol. The molecule has 7 nitrogen and oxygen atoms in total. The summed E-state index contributed by atoms with van der Waals surface area (Å²) in [6, 6.07) is 19.4. The number of hydrogen-bond donors (Lipinski definition) is 0. The quantitative estimate of drug-likeness (QED) is 0.483. The number of benzene rings is 2. The van der Waals surface area contributed by atoms with Gasteiger partial charge in [0.2, 0.25) is 5.16 Å². The summed E-state index contributed by atoms with van der Waals surface area (Å²) in [6.45, 7) is 0. The summed E-state index contributed by atoms with van der Waals surface area (Å²) in [6.07, 6.45) is 0. The lowest BCUT2D eigenvalue weighted by Crippen LogP contribution is -1.98. The summed E-state index contributed by atoms with van der Waals surface area (Å²) in [7, 11) is 1.64. The van der Waals surface area contributed by atoms with E-state index in [0.717, 1.165) is 28.5 Å². The Hall–Kier alpha value is -3.13. The molecule has 0 aliphatic carbocycles. The van der Waals surface area contributed by atoms with E-state index in [-0.39, 0.29) is 0 Å². The average Bonchev–Trinajstić information content (AvgIpc) is 3.36. The fraction of sp³-hybridized carbons (Fsp3) is 0.111. The van der Waals surface area contributed by atoms with Crippen molar-refractivity contribution < 1.29 is 9.26 Å². The maximum Gasteiger partial charge on any atom is 0.214 e. The minimum Gasteiger partial charge on any atom is -0.496 e. The summed E-state index contributed by atoms with van der Waals surface area (Å²) in [5, 5.41) is 16.7. The molecule has 0 amide bonds. The molecule has 8 heteroatoms. The SMILES string of the molecule is COc1ccccc1-c1cc(CSc2nnnn2-c2ccccc2)on1. The van der Waals surface area contributed by atoms with E-state index in [0.29, 0.717) is 10.9 Å². The van der Waals surface area contributed by atoms with Crippen molar-refractivity contribution in [3.05, 3.63) is 66.4 Å². The first-order valence-electron chi connectivity index (χ1n) is 7.91. The van der Waals surface area contributed by atoms with E-state index >= 15 is 0 Å². The van der Waals surface area contributed by atoms with Gasteiger partial charge < -0.3 is 9.26 Å². The maximum atomic E-state index is 5.46. The molecule has 0 N–H and O–H groups in total. The zero-order chi connectivity index (χ0) is 17.8. The van der Waals surface area contributed by atoms with Crippen molar-refractivity contribution in [2.75, 3.05) is 7.11 Å². The largest absolute Gasteiger partial charge is 0.496 e. The molecule has 2 aromatic heterocycles. The third kappa shape index (κ3) is 3.31. The average molecular weight is 365 g/mol. The summed E-state index contributed by atoms with van der Waals surface area (Å²) in [4.78, 5) is 0. The third-order valence-electron chi connectivity index (χ3n) is 3.73. The highest BCUT2D eigenvalue weighted by atomic mass is 32.2. The number of nitrogens with zero attached hydrogens (tertiary/aromatic N) is 5. The number of ether oxygens (including phenoxy) is 1. The monoisotopic (exact) mass is 365 g/mol. The Morgan fingerprint density at radius 2 is 1.88 bits per heavy atom. The van der Waals surface area contributed by atoms with Gasteiger partial charge in [0, 0.05) is 11.6 Å². The molecule has 0 fully saturated rings. The van der Waals surface area contributed by atoms with Crippen LogP contribution in [0.3, 0.4) is 0 Å². The van der Waals surface area contributed by atoms with E-state index in [2.05, 4.69) is 20.7 Å². The topological polar surface area (TPSA) is 78.9 Å². The van der Waals surface area contributed by atoms with Crippen molar-refractivity contribution in [2.45, 2.75) is 10.9 Å². The number of hydrogen-bond acceptors (Lipinski definition) is 7. The molecule has 0 unspecified atom stereocenters. The highest BCUT2D eigenvalue weighted by Crippen LogP contribution is 2.30. The van der Waals surface area contributed by atoms with E-state index < -0.39 is 0 Å². The Morgan fingerprint density at radius 1 is 1.08 bits per heavy atom. The van der Waals surface area contributed by atoms with Gasteiger partial charge in [0.25, 0.3) is 0 Å². The van der Waals surface area contributed by atoms with Crippen LogP contribution >= 0.6 is 11.8 Å². The fourth-order valence-electron chi connectivity index (χ4n) is 2.50. The van der Waals surface area contributed by atoms with E-state index in [4.69, 9.17) is 9.26 Å². The van der Waals surface area contributed by atoms with Crippen LogP contribution in [-0.2, 0) is 5.75 Å². The zero-order valence-corrected chi connectivity index (χ0v) is 14.8. The Labute approximate surface area is 154 Å². The van der Waals surface area contributed by atoms with Crippen LogP contribution in [0, 0.1) is 0 Å². The van der Waals surface area contributed by atoms with Gasteiger partial charge in [-0.05, 0) is 34.7 Å². The summed E-state index contributed by atoms with van der Waals surface area (Å²) in [5.74, 6) is 2.06. The second-order valence-corrected chi connectivity index (χ2v) is 6.32. The van der Waals surface area contributed by atoms with Crippen LogP contribution in [0.1, 0.15) is 5.76 Å². The minimum atomic E-state index is 0.565. The molecule has 0 aliphatic heterocycles. The van der Waals surface area contributed by atoms with Crippen molar-refractivity contribution in [3.8, 4) is 22.7 Å². The molecule has 0 saturated heterocycles. The van der Waals surface area contributed by atoms with E-state index in [9.17, 15) is 0 Å². The summed E-state index contributed by atoms with van der Waals surface area (Å²) >= 11 is 1.48. The molecule has 4 aromatic rings. The number of thioether (sulfide) groups is 1. The summed E-state index contributed by atoms with van der Waals surface area (Å²) in [5.41, 5.74) is 2.54. The van der Waals surface area contributed by atoms with Crippen molar-refractivity contribution in [1.29, 1.82) is 0 Å². The first-order chi connectivity index (χ1) is 12.8. The van der Waals surface area contributed by atoms with Crippen LogP contribution in [0.25, 0.3) is 16.9 Å². The van der Waals surface area contributed by atoms with Crippen molar-refractivity contribution in [1.82, 2.24) is 25.4 Å². The van der Waals surface area contributed by atoms with Gasteiger partial charge in [0.15, 0.2) is 0 Å². The molecule has 2 aromatic carbocycles. The number of rotatable bonds is 6. The second kappa shape index (κ2) is 7.40. The van der Waals surface area contributed by atoms with Gasteiger partial charge in [-0.15, -0.1) is 5.10 Å². The van der Waals surface area contributed by atoms with E-state index in [1.54, 1.807) is 11.8 Å². The molecule has 0 saturated carbocycles. The highest BCUT2D eigenvalue weighted by molar-refractivity contribution is 7.98. The van der Waals surface area contributed by atoms with Crippen LogP contribution in [-0.4, -0.2) is 32.5 Å². The lowest BCUT2D eigenvalue weighted by atomic mass is 10.1. The Kier molecular flexibility index (Phi) is 4.65. The third-order valence-corrected chi connectivity index (χ3v) is 4.67. The van der Waals surface area contributed by atoms with Crippen LogP contribution < -0.4 is 4.74 Å².